The molecule has 96 valence electrons. The third-order valence-corrected chi connectivity index (χ3v) is 4.42. The molecule has 2 rings (SSSR count). The van der Waals surface area contributed by atoms with Crippen LogP contribution >= 0.6 is 23.1 Å². The number of carboxylic acids is 1. The van der Waals surface area contributed by atoms with E-state index in [2.05, 4.69) is 21.0 Å². The minimum Gasteiger partial charge on any atom is -0.481 e. The van der Waals surface area contributed by atoms with Crippen molar-refractivity contribution in [2.75, 3.05) is 5.75 Å². The molecule has 0 atom stereocenters. The highest BCUT2D eigenvalue weighted by Gasteiger charge is 2.09. The number of nitrogens with zero attached hydrogens (tertiary/aromatic N) is 2. The molecule has 2 aromatic rings. The Bertz CT molecular complexity index is 520. The van der Waals surface area contributed by atoms with E-state index >= 15 is 0 Å². The van der Waals surface area contributed by atoms with Crippen molar-refractivity contribution in [1.29, 1.82) is 0 Å². The van der Waals surface area contributed by atoms with Crippen molar-refractivity contribution < 1.29 is 9.90 Å². The summed E-state index contributed by atoms with van der Waals surface area (Å²) in [4.78, 5) is 16.2. The van der Waals surface area contributed by atoms with Gasteiger partial charge in [-0.25, -0.2) is 4.98 Å². The van der Waals surface area contributed by atoms with Crippen molar-refractivity contribution in [3.8, 4) is 0 Å². The molecule has 2 heterocycles. The topological polar surface area (TPSA) is 55.1 Å². The van der Waals surface area contributed by atoms with Crippen molar-refractivity contribution in [1.82, 2.24) is 9.55 Å². The smallest absolute Gasteiger partial charge is 0.313 e. The van der Waals surface area contributed by atoms with Gasteiger partial charge in [0.25, 0.3) is 0 Å². The minimum absolute atomic E-state index is 0.0510. The number of thiophene rings is 1. The fourth-order valence-electron chi connectivity index (χ4n) is 1.63. The Morgan fingerprint density at radius 1 is 1.61 bits per heavy atom. The first-order chi connectivity index (χ1) is 8.66. The van der Waals surface area contributed by atoms with Gasteiger partial charge in [0.2, 0.25) is 0 Å². The zero-order valence-corrected chi connectivity index (χ0v) is 11.6. The second-order valence-electron chi connectivity index (χ2n) is 3.85. The molecule has 2 aromatic heterocycles. The van der Waals surface area contributed by atoms with E-state index in [1.807, 2.05) is 13.0 Å². The molecule has 0 aliphatic rings. The Hall–Kier alpha value is -1.27. The van der Waals surface area contributed by atoms with E-state index in [1.54, 1.807) is 17.5 Å². The van der Waals surface area contributed by atoms with Crippen molar-refractivity contribution in [2.24, 2.45) is 0 Å². The van der Waals surface area contributed by atoms with Crippen LogP contribution in [0.1, 0.15) is 10.6 Å². The fraction of sp³-hybridized carbons (Fsp3) is 0.333. The summed E-state index contributed by atoms with van der Waals surface area (Å²) >= 11 is 3.01. The summed E-state index contributed by atoms with van der Waals surface area (Å²) in [5, 5.41) is 11.5. The number of rotatable bonds is 6. The second-order valence-corrected chi connectivity index (χ2v) is 5.82. The number of hydrogen-bond acceptors (Lipinski definition) is 4. The Morgan fingerprint density at radius 3 is 3.11 bits per heavy atom. The van der Waals surface area contributed by atoms with Crippen molar-refractivity contribution in [2.45, 2.75) is 25.0 Å². The van der Waals surface area contributed by atoms with E-state index in [4.69, 9.17) is 5.11 Å². The van der Waals surface area contributed by atoms with Gasteiger partial charge in [0.05, 0.1) is 5.75 Å². The maximum absolute atomic E-state index is 10.6. The molecule has 0 fully saturated rings. The fourth-order valence-corrected chi connectivity index (χ4v) is 3.10. The Kier molecular flexibility index (Phi) is 4.43. The minimum atomic E-state index is -0.814. The highest BCUT2D eigenvalue weighted by atomic mass is 32.2. The standard InChI is InChI=1S/C12H14N2O2S2/c1-9-7-13-12(18-8-11(15)16)14(9)5-4-10-3-2-6-17-10/h2-3,6-7H,4-5,8H2,1H3,(H,15,16). The average molecular weight is 282 g/mol. The van der Waals surface area contributed by atoms with Gasteiger partial charge in [-0.2, -0.15) is 0 Å². The lowest BCUT2D eigenvalue weighted by Crippen LogP contribution is -2.06. The molecular formula is C12H14N2O2S2. The molecule has 0 saturated heterocycles. The van der Waals surface area contributed by atoms with Gasteiger partial charge in [-0.05, 0) is 24.8 Å². The van der Waals surface area contributed by atoms with Crippen LogP contribution in [0, 0.1) is 6.92 Å². The zero-order valence-electron chi connectivity index (χ0n) is 10.00. The lowest BCUT2D eigenvalue weighted by Gasteiger charge is -2.08. The Labute approximate surface area is 114 Å². The van der Waals surface area contributed by atoms with E-state index in [-0.39, 0.29) is 5.75 Å². The van der Waals surface area contributed by atoms with Crippen molar-refractivity contribution in [3.05, 3.63) is 34.3 Å². The van der Waals surface area contributed by atoms with E-state index in [0.29, 0.717) is 0 Å². The first-order valence-corrected chi connectivity index (χ1v) is 7.42. The Morgan fingerprint density at radius 2 is 2.44 bits per heavy atom. The molecule has 4 nitrogen and oxygen atoms in total. The van der Waals surface area contributed by atoms with Gasteiger partial charge in [-0.15, -0.1) is 11.3 Å². The van der Waals surface area contributed by atoms with E-state index in [1.165, 1.54) is 16.6 Å². The largest absolute Gasteiger partial charge is 0.481 e. The molecular weight excluding hydrogens is 268 g/mol. The molecule has 0 aromatic carbocycles. The number of carbonyl (C=O) groups is 1. The monoisotopic (exact) mass is 282 g/mol. The normalized spacial score (nSPS) is 10.7. The number of hydrogen-bond donors (Lipinski definition) is 1. The number of imidazole rings is 1. The molecule has 6 heteroatoms. The van der Waals surface area contributed by atoms with Crippen LogP contribution in [0.15, 0.2) is 28.9 Å². The second kappa shape index (κ2) is 6.06. The molecule has 0 aliphatic carbocycles. The first-order valence-electron chi connectivity index (χ1n) is 5.56. The molecule has 0 aliphatic heterocycles. The van der Waals surface area contributed by atoms with Crippen LogP contribution in [0.5, 0.6) is 0 Å². The third kappa shape index (κ3) is 3.36. The SMILES string of the molecule is Cc1cnc(SCC(=O)O)n1CCc1cccs1. The molecule has 0 unspecified atom stereocenters. The first kappa shape index (κ1) is 13.2. The number of aromatic nitrogens is 2. The van der Waals surface area contributed by atoms with Crippen LogP contribution in [0.2, 0.25) is 0 Å². The molecule has 1 N–H and O–H groups in total. The van der Waals surface area contributed by atoms with Crippen molar-refractivity contribution >= 4 is 29.1 Å². The lowest BCUT2D eigenvalue weighted by atomic mass is 10.3. The summed E-state index contributed by atoms with van der Waals surface area (Å²) in [6.07, 6.45) is 2.74. The maximum atomic E-state index is 10.6. The summed E-state index contributed by atoms with van der Waals surface area (Å²) in [5.74, 6) is -0.763. The highest BCUT2D eigenvalue weighted by Crippen LogP contribution is 2.19. The Balaban J connectivity index is 2.02. The number of thioether (sulfide) groups is 1. The van der Waals surface area contributed by atoms with Crippen LogP contribution in [0.4, 0.5) is 0 Å². The van der Waals surface area contributed by atoms with Crippen LogP contribution in [-0.4, -0.2) is 26.4 Å². The summed E-state index contributed by atoms with van der Waals surface area (Å²) < 4.78 is 2.08. The summed E-state index contributed by atoms with van der Waals surface area (Å²) in [6, 6.07) is 4.15. The van der Waals surface area contributed by atoms with Crippen LogP contribution < -0.4 is 0 Å². The number of aryl methyl sites for hydroxylation is 2. The zero-order chi connectivity index (χ0) is 13.0. The number of carboxylic acid groups (broad SMARTS) is 1. The summed E-state index contributed by atoms with van der Waals surface area (Å²) in [6.45, 7) is 2.83. The van der Waals surface area contributed by atoms with Crippen molar-refractivity contribution in [3.63, 3.8) is 0 Å². The molecule has 0 amide bonds. The van der Waals surface area contributed by atoms with E-state index < -0.39 is 5.97 Å². The molecule has 0 bridgehead atoms. The third-order valence-electron chi connectivity index (χ3n) is 2.51. The van der Waals surface area contributed by atoms with Gasteiger partial charge in [-0.3, -0.25) is 4.79 Å². The van der Waals surface area contributed by atoms with Crippen LogP contribution in [-0.2, 0) is 17.8 Å². The maximum Gasteiger partial charge on any atom is 0.313 e. The predicted octanol–water partition coefficient (Wildman–Crippen LogP) is 2.67. The van der Waals surface area contributed by atoms with E-state index in [9.17, 15) is 4.79 Å². The highest BCUT2D eigenvalue weighted by molar-refractivity contribution is 7.99. The van der Waals surface area contributed by atoms with Gasteiger partial charge in [0.1, 0.15) is 0 Å². The van der Waals surface area contributed by atoms with Gasteiger partial charge in [0.15, 0.2) is 5.16 Å². The van der Waals surface area contributed by atoms with Gasteiger partial charge >= 0.3 is 5.97 Å². The molecule has 18 heavy (non-hydrogen) atoms. The lowest BCUT2D eigenvalue weighted by molar-refractivity contribution is -0.133. The van der Waals surface area contributed by atoms with Gasteiger partial charge in [0, 0.05) is 23.3 Å². The summed E-state index contributed by atoms with van der Waals surface area (Å²) in [5.41, 5.74) is 1.07. The number of aliphatic carboxylic acids is 1. The van der Waals surface area contributed by atoms with Gasteiger partial charge in [-0.1, -0.05) is 17.8 Å². The summed E-state index contributed by atoms with van der Waals surface area (Å²) in [7, 11) is 0. The molecule has 0 radical (unpaired) electrons. The predicted molar refractivity (Wildman–Crippen MR) is 73.3 cm³/mol. The van der Waals surface area contributed by atoms with Crippen LogP contribution in [0.3, 0.4) is 0 Å². The average Bonchev–Trinajstić information content (AvgIpc) is 2.94. The van der Waals surface area contributed by atoms with Gasteiger partial charge < -0.3 is 9.67 Å². The van der Waals surface area contributed by atoms with E-state index in [0.717, 1.165) is 23.8 Å². The van der Waals surface area contributed by atoms with Crippen LogP contribution in [0.25, 0.3) is 0 Å². The quantitative estimate of drug-likeness (QED) is 0.828. The molecule has 0 saturated carbocycles. The molecule has 0 spiro atoms.